The summed E-state index contributed by atoms with van der Waals surface area (Å²) < 4.78 is 5.27. The molecule has 1 heterocycles. The van der Waals surface area contributed by atoms with E-state index in [0.29, 0.717) is 24.5 Å². The molecule has 25 heavy (non-hydrogen) atoms. The van der Waals surface area contributed by atoms with E-state index in [-0.39, 0.29) is 30.8 Å². The SMILES string of the molecule is COc1ccc(C)cc1NC(=O)CN1C[C@@H]2CCC[C@@]2(C(=O)O)C1.Cl. The molecule has 2 atom stereocenters. The fourth-order valence-electron chi connectivity index (χ4n) is 4.18. The number of carboxylic acid groups (broad SMARTS) is 1. The van der Waals surface area contributed by atoms with Gasteiger partial charge in [0.25, 0.3) is 0 Å². The number of aryl methyl sites for hydroxylation is 1. The highest BCUT2D eigenvalue weighted by molar-refractivity contribution is 5.94. The molecule has 7 heteroatoms. The Hall–Kier alpha value is -1.79. The third-order valence-electron chi connectivity index (χ3n) is 5.36. The van der Waals surface area contributed by atoms with Crippen LogP contribution in [0.4, 0.5) is 5.69 Å². The van der Waals surface area contributed by atoms with Crippen LogP contribution in [0.1, 0.15) is 24.8 Å². The molecule has 0 spiro atoms. The minimum absolute atomic E-state index is 0. The summed E-state index contributed by atoms with van der Waals surface area (Å²) in [6.07, 6.45) is 2.63. The summed E-state index contributed by atoms with van der Waals surface area (Å²) in [6, 6.07) is 5.62. The average Bonchev–Trinajstić information content (AvgIpc) is 3.05. The fourth-order valence-corrected chi connectivity index (χ4v) is 4.18. The van der Waals surface area contributed by atoms with Gasteiger partial charge in [0.05, 0.1) is 24.8 Å². The number of ether oxygens (including phenoxy) is 1. The van der Waals surface area contributed by atoms with Gasteiger partial charge in [-0.3, -0.25) is 14.5 Å². The number of nitrogens with one attached hydrogen (secondary N) is 1. The number of benzene rings is 1. The van der Waals surface area contributed by atoms with Gasteiger partial charge in [0, 0.05) is 13.1 Å². The van der Waals surface area contributed by atoms with Crippen molar-refractivity contribution >= 4 is 30.0 Å². The van der Waals surface area contributed by atoms with E-state index in [1.165, 1.54) is 0 Å². The van der Waals surface area contributed by atoms with Crippen LogP contribution in [-0.4, -0.2) is 48.6 Å². The average molecular weight is 369 g/mol. The molecule has 1 saturated heterocycles. The summed E-state index contributed by atoms with van der Waals surface area (Å²) in [6.45, 7) is 3.31. The maximum Gasteiger partial charge on any atom is 0.311 e. The molecule has 3 rings (SSSR count). The first-order valence-electron chi connectivity index (χ1n) is 8.35. The van der Waals surface area contributed by atoms with Crippen LogP contribution in [0, 0.1) is 18.3 Å². The number of carbonyl (C=O) groups excluding carboxylic acids is 1. The lowest BCUT2D eigenvalue weighted by molar-refractivity contribution is -0.149. The van der Waals surface area contributed by atoms with Gasteiger partial charge in [0.15, 0.2) is 0 Å². The van der Waals surface area contributed by atoms with Crippen molar-refractivity contribution in [2.45, 2.75) is 26.2 Å². The van der Waals surface area contributed by atoms with Gasteiger partial charge in [0.1, 0.15) is 5.75 Å². The molecular formula is C18H25ClN2O4. The maximum atomic E-state index is 12.4. The van der Waals surface area contributed by atoms with Gasteiger partial charge in [-0.1, -0.05) is 12.5 Å². The molecule has 1 aliphatic heterocycles. The van der Waals surface area contributed by atoms with Crippen LogP contribution in [-0.2, 0) is 9.59 Å². The number of aliphatic carboxylic acids is 1. The van der Waals surface area contributed by atoms with Crippen molar-refractivity contribution in [3.63, 3.8) is 0 Å². The van der Waals surface area contributed by atoms with Crippen molar-refractivity contribution in [1.82, 2.24) is 4.90 Å². The molecule has 1 aromatic rings. The number of hydrogen-bond donors (Lipinski definition) is 2. The molecule has 6 nitrogen and oxygen atoms in total. The van der Waals surface area contributed by atoms with Crippen molar-refractivity contribution in [1.29, 1.82) is 0 Å². The van der Waals surface area contributed by atoms with Crippen LogP contribution >= 0.6 is 12.4 Å². The van der Waals surface area contributed by atoms with Gasteiger partial charge in [-0.25, -0.2) is 0 Å². The topological polar surface area (TPSA) is 78.9 Å². The van der Waals surface area contributed by atoms with E-state index in [2.05, 4.69) is 5.32 Å². The number of carbonyl (C=O) groups is 2. The lowest BCUT2D eigenvalue weighted by Crippen LogP contribution is -2.37. The highest BCUT2D eigenvalue weighted by Gasteiger charge is 2.54. The molecule has 0 aromatic heterocycles. The van der Waals surface area contributed by atoms with E-state index >= 15 is 0 Å². The number of amides is 1. The lowest BCUT2D eigenvalue weighted by Gasteiger charge is -2.23. The van der Waals surface area contributed by atoms with Gasteiger partial charge in [-0.2, -0.15) is 0 Å². The second-order valence-corrected chi connectivity index (χ2v) is 6.97. The van der Waals surface area contributed by atoms with Gasteiger partial charge in [-0.15, -0.1) is 12.4 Å². The number of anilines is 1. The smallest absolute Gasteiger partial charge is 0.311 e. The Labute approximate surface area is 153 Å². The van der Waals surface area contributed by atoms with Crippen LogP contribution in [0.3, 0.4) is 0 Å². The lowest BCUT2D eigenvalue weighted by atomic mass is 9.81. The normalized spacial score (nSPS) is 25.1. The molecule has 1 amide bonds. The van der Waals surface area contributed by atoms with Crippen molar-refractivity contribution in [3.05, 3.63) is 23.8 Å². The zero-order valence-electron chi connectivity index (χ0n) is 14.6. The largest absolute Gasteiger partial charge is 0.495 e. The van der Waals surface area contributed by atoms with E-state index in [0.717, 1.165) is 24.8 Å². The Morgan fingerprint density at radius 2 is 2.20 bits per heavy atom. The monoisotopic (exact) mass is 368 g/mol. The first-order chi connectivity index (χ1) is 11.4. The second kappa shape index (κ2) is 7.62. The van der Waals surface area contributed by atoms with Gasteiger partial charge >= 0.3 is 5.97 Å². The summed E-state index contributed by atoms with van der Waals surface area (Å²) in [5.74, 6) is -0.0711. The van der Waals surface area contributed by atoms with E-state index in [1.54, 1.807) is 7.11 Å². The quantitative estimate of drug-likeness (QED) is 0.835. The molecule has 2 aliphatic rings. The summed E-state index contributed by atoms with van der Waals surface area (Å²) in [4.78, 5) is 26.1. The number of carboxylic acids is 1. The molecule has 0 radical (unpaired) electrons. The predicted molar refractivity (Wildman–Crippen MR) is 97.5 cm³/mol. The number of hydrogen-bond acceptors (Lipinski definition) is 4. The van der Waals surface area contributed by atoms with Crippen molar-refractivity contribution in [2.24, 2.45) is 11.3 Å². The van der Waals surface area contributed by atoms with Gasteiger partial charge in [-0.05, 0) is 43.4 Å². The Balaban J connectivity index is 0.00000225. The van der Waals surface area contributed by atoms with Crippen LogP contribution < -0.4 is 10.1 Å². The van der Waals surface area contributed by atoms with Gasteiger partial charge in [0.2, 0.25) is 5.91 Å². The first-order valence-corrected chi connectivity index (χ1v) is 8.35. The third kappa shape index (κ3) is 3.75. The van der Waals surface area contributed by atoms with Crippen LogP contribution in [0.5, 0.6) is 5.75 Å². The van der Waals surface area contributed by atoms with Crippen LogP contribution in [0.25, 0.3) is 0 Å². The minimum Gasteiger partial charge on any atom is -0.495 e. The summed E-state index contributed by atoms with van der Waals surface area (Å²) >= 11 is 0. The predicted octanol–water partition coefficient (Wildman–Crippen LogP) is 2.55. The summed E-state index contributed by atoms with van der Waals surface area (Å²) in [5, 5.41) is 12.5. The van der Waals surface area contributed by atoms with Crippen molar-refractivity contribution in [2.75, 3.05) is 32.1 Å². The minimum atomic E-state index is -0.715. The highest BCUT2D eigenvalue weighted by atomic mass is 35.5. The molecule has 1 aromatic carbocycles. The first kappa shape index (κ1) is 19.5. The Bertz CT molecular complexity index is 666. The van der Waals surface area contributed by atoms with Gasteiger partial charge < -0.3 is 15.2 Å². The number of halogens is 1. The van der Waals surface area contributed by atoms with Crippen molar-refractivity contribution in [3.8, 4) is 5.75 Å². The maximum absolute atomic E-state index is 12.4. The Morgan fingerprint density at radius 3 is 2.84 bits per heavy atom. The summed E-state index contributed by atoms with van der Waals surface area (Å²) in [5.41, 5.74) is 1.03. The van der Waals surface area contributed by atoms with E-state index in [9.17, 15) is 14.7 Å². The fraction of sp³-hybridized carbons (Fsp3) is 0.556. The number of nitrogens with zero attached hydrogens (tertiary/aromatic N) is 1. The Morgan fingerprint density at radius 1 is 1.44 bits per heavy atom. The van der Waals surface area contributed by atoms with Crippen molar-refractivity contribution < 1.29 is 19.4 Å². The molecule has 2 fully saturated rings. The molecule has 0 bridgehead atoms. The zero-order chi connectivity index (χ0) is 17.3. The molecule has 1 aliphatic carbocycles. The Kier molecular flexibility index (Phi) is 5.95. The zero-order valence-corrected chi connectivity index (χ0v) is 15.4. The number of rotatable bonds is 5. The molecule has 2 N–H and O–H groups in total. The number of likely N-dealkylation sites (tertiary alicyclic amines) is 1. The number of fused-ring (bicyclic) bond motifs is 1. The highest BCUT2D eigenvalue weighted by Crippen LogP contribution is 2.48. The van der Waals surface area contributed by atoms with Crippen LogP contribution in [0.2, 0.25) is 0 Å². The third-order valence-corrected chi connectivity index (χ3v) is 5.36. The van der Waals surface area contributed by atoms with E-state index in [4.69, 9.17) is 4.74 Å². The second-order valence-electron chi connectivity index (χ2n) is 6.97. The molecule has 1 saturated carbocycles. The number of methoxy groups -OCH3 is 1. The van der Waals surface area contributed by atoms with E-state index < -0.39 is 11.4 Å². The molecular weight excluding hydrogens is 344 g/mol. The van der Waals surface area contributed by atoms with E-state index in [1.807, 2.05) is 30.0 Å². The summed E-state index contributed by atoms with van der Waals surface area (Å²) in [7, 11) is 1.57. The molecule has 138 valence electrons. The van der Waals surface area contributed by atoms with Crippen LogP contribution in [0.15, 0.2) is 18.2 Å². The standard InChI is InChI=1S/C18H24N2O4.ClH/c1-12-5-6-15(24-2)14(8-12)19-16(21)10-20-9-13-4-3-7-18(13,11-20)17(22)23;/h5-6,8,13H,3-4,7,9-11H2,1-2H3,(H,19,21)(H,22,23);1H/t13-,18+;/m0./s1. The molecule has 0 unspecified atom stereocenters.